The number of sulfonamides is 1. The van der Waals surface area contributed by atoms with Crippen molar-refractivity contribution in [2.24, 2.45) is 0 Å². The maximum atomic E-state index is 13.6. The molecule has 0 aliphatic carbocycles. The van der Waals surface area contributed by atoms with Gasteiger partial charge in [0, 0.05) is 19.2 Å². The second-order valence-corrected chi connectivity index (χ2v) is 10.2. The van der Waals surface area contributed by atoms with E-state index in [4.69, 9.17) is 9.47 Å². The molecule has 0 spiro atoms. The van der Waals surface area contributed by atoms with E-state index in [0.717, 1.165) is 28.1 Å². The molecule has 35 heavy (non-hydrogen) atoms. The molecule has 9 nitrogen and oxygen atoms in total. The van der Waals surface area contributed by atoms with Crippen molar-refractivity contribution < 1.29 is 27.5 Å². The first-order valence-electron chi connectivity index (χ1n) is 11.3. The molecule has 2 rings (SSSR count). The fourth-order valence-corrected chi connectivity index (χ4v) is 4.30. The van der Waals surface area contributed by atoms with Gasteiger partial charge < -0.3 is 19.7 Å². The minimum Gasteiger partial charge on any atom is -0.497 e. The number of aryl methyl sites for hydroxylation is 1. The van der Waals surface area contributed by atoms with Crippen LogP contribution in [-0.2, 0) is 26.2 Å². The first kappa shape index (κ1) is 28.0. The van der Waals surface area contributed by atoms with Gasteiger partial charge in [-0.2, -0.15) is 0 Å². The predicted molar refractivity (Wildman–Crippen MR) is 136 cm³/mol. The number of hydrogen-bond acceptors (Lipinski definition) is 6. The van der Waals surface area contributed by atoms with Crippen molar-refractivity contribution >= 4 is 27.5 Å². The van der Waals surface area contributed by atoms with Gasteiger partial charge in [-0.05, 0) is 38.0 Å². The highest BCUT2D eigenvalue weighted by Crippen LogP contribution is 2.34. The summed E-state index contributed by atoms with van der Waals surface area (Å²) in [5.41, 5.74) is 2.05. The molecule has 1 N–H and O–H groups in total. The van der Waals surface area contributed by atoms with E-state index in [9.17, 15) is 18.0 Å². The molecule has 0 fully saturated rings. The summed E-state index contributed by atoms with van der Waals surface area (Å²) < 4.78 is 37.1. The van der Waals surface area contributed by atoms with Crippen LogP contribution in [0.2, 0.25) is 0 Å². The van der Waals surface area contributed by atoms with E-state index < -0.39 is 28.5 Å². The molecule has 2 aromatic rings. The zero-order valence-corrected chi connectivity index (χ0v) is 22.0. The van der Waals surface area contributed by atoms with Gasteiger partial charge in [0.1, 0.15) is 24.1 Å². The third-order valence-electron chi connectivity index (χ3n) is 5.52. The van der Waals surface area contributed by atoms with Crippen LogP contribution in [0.15, 0.2) is 42.5 Å². The van der Waals surface area contributed by atoms with Crippen LogP contribution >= 0.6 is 0 Å². The van der Waals surface area contributed by atoms with Crippen LogP contribution in [0.5, 0.6) is 11.5 Å². The molecule has 192 valence electrons. The molecule has 1 unspecified atom stereocenters. The Hall–Kier alpha value is -3.27. The topological polar surface area (TPSA) is 105 Å². The number of rotatable bonds is 12. The Bertz CT molecular complexity index is 1120. The van der Waals surface area contributed by atoms with Crippen LogP contribution in [0.25, 0.3) is 0 Å². The Morgan fingerprint density at radius 1 is 1.06 bits per heavy atom. The summed E-state index contributed by atoms with van der Waals surface area (Å²) in [5.74, 6) is -0.161. The Labute approximate surface area is 208 Å². The molecule has 0 aliphatic heterocycles. The second kappa shape index (κ2) is 12.4. The van der Waals surface area contributed by atoms with Crippen LogP contribution in [-0.4, -0.2) is 64.7 Å². The molecule has 1 atom stereocenters. The zero-order chi connectivity index (χ0) is 26.2. The van der Waals surface area contributed by atoms with Crippen LogP contribution in [0.1, 0.15) is 31.4 Å². The number of ether oxygens (including phenoxy) is 2. The number of nitrogens with one attached hydrogen (secondary N) is 1. The number of methoxy groups -OCH3 is 2. The molecule has 0 saturated heterocycles. The standard InChI is InChI=1S/C25H35N3O6S/c1-7-14-26-25(30)19(3)27(16-20-10-8-18(2)9-11-20)24(29)17-28(35(6,31)32)22-15-21(33-4)12-13-23(22)34-5/h8-13,15,19H,7,14,16-17H2,1-6H3,(H,26,30). The summed E-state index contributed by atoms with van der Waals surface area (Å²) in [4.78, 5) is 27.7. The van der Waals surface area contributed by atoms with Gasteiger partial charge in [-0.15, -0.1) is 0 Å². The average Bonchev–Trinajstić information content (AvgIpc) is 2.83. The predicted octanol–water partition coefficient (Wildman–Crippen LogP) is 2.72. The highest BCUT2D eigenvalue weighted by molar-refractivity contribution is 7.92. The summed E-state index contributed by atoms with van der Waals surface area (Å²) in [5, 5.41) is 2.81. The van der Waals surface area contributed by atoms with Crippen LogP contribution in [0.3, 0.4) is 0 Å². The largest absolute Gasteiger partial charge is 0.497 e. The third kappa shape index (κ3) is 7.61. The fourth-order valence-electron chi connectivity index (χ4n) is 3.46. The monoisotopic (exact) mass is 505 g/mol. The normalized spacial score (nSPS) is 11.9. The van der Waals surface area contributed by atoms with Crippen molar-refractivity contribution in [3.05, 3.63) is 53.6 Å². The van der Waals surface area contributed by atoms with Crippen LogP contribution in [0.4, 0.5) is 5.69 Å². The van der Waals surface area contributed by atoms with Gasteiger partial charge in [0.05, 0.1) is 26.2 Å². The van der Waals surface area contributed by atoms with Crippen LogP contribution in [0, 0.1) is 6.92 Å². The Morgan fingerprint density at radius 3 is 2.26 bits per heavy atom. The Morgan fingerprint density at radius 2 is 1.71 bits per heavy atom. The summed E-state index contributed by atoms with van der Waals surface area (Å²) in [6, 6.07) is 11.5. The molecule has 0 saturated carbocycles. The number of hydrogen-bond donors (Lipinski definition) is 1. The molecule has 0 radical (unpaired) electrons. The van der Waals surface area contributed by atoms with Gasteiger partial charge >= 0.3 is 0 Å². The number of anilines is 1. The van der Waals surface area contributed by atoms with E-state index in [1.807, 2.05) is 38.1 Å². The van der Waals surface area contributed by atoms with Crippen molar-refractivity contribution in [1.82, 2.24) is 10.2 Å². The van der Waals surface area contributed by atoms with Gasteiger partial charge in [-0.3, -0.25) is 13.9 Å². The van der Waals surface area contributed by atoms with E-state index in [-0.39, 0.29) is 23.9 Å². The summed E-state index contributed by atoms with van der Waals surface area (Å²) in [7, 11) is -1.02. The van der Waals surface area contributed by atoms with E-state index in [1.165, 1.54) is 25.2 Å². The minimum atomic E-state index is -3.89. The molecule has 0 aromatic heterocycles. The quantitative estimate of drug-likeness (QED) is 0.476. The van der Waals surface area contributed by atoms with Crippen molar-refractivity contribution in [2.45, 2.75) is 39.8 Å². The molecule has 0 bridgehead atoms. The van der Waals surface area contributed by atoms with Crippen LogP contribution < -0.4 is 19.1 Å². The van der Waals surface area contributed by atoms with E-state index in [2.05, 4.69) is 5.32 Å². The molecule has 0 heterocycles. The number of carbonyl (C=O) groups is 2. The maximum Gasteiger partial charge on any atom is 0.244 e. The number of carbonyl (C=O) groups excluding carboxylic acids is 2. The van der Waals surface area contributed by atoms with E-state index in [0.29, 0.717) is 12.3 Å². The van der Waals surface area contributed by atoms with Gasteiger partial charge in [0.25, 0.3) is 0 Å². The minimum absolute atomic E-state index is 0.146. The summed E-state index contributed by atoms with van der Waals surface area (Å²) in [6.45, 7) is 5.64. The lowest BCUT2D eigenvalue weighted by Crippen LogP contribution is -2.51. The first-order valence-corrected chi connectivity index (χ1v) is 13.2. The number of amides is 2. The van der Waals surface area contributed by atoms with Gasteiger partial charge in [-0.25, -0.2) is 8.42 Å². The Kier molecular flexibility index (Phi) is 9.94. The van der Waals surface area contributed by atoms with Crippen molar-refractivity contribution in [2.75, 3.05) is 37.9 Å². The summed E-state index contributed by atoms with van der Waals surface area (Å²) >= 11 is 0. The fraction of sp³-hybridized carbons (Fsp3) is 0.440. The lowest BCUT2D eigenvalue weighted by molar-refractivity contribution is -0.139. The van der Waals surface area contributed by atoms with Crippen molar-refractivity contribution in [1.29, 1.82) is 0 Å². The maximum absolute atomic E-state index is 13.6. The zero-order valence-electron chi connectivity index (χ0n) is 21.2. The van der Waals surface area contributed by atoms with Gasteiger partial charge in [-0.1, -0.05) is 36.8 Å². The number of benzene rings is 2. The number of nitrogens with zero attached hydrogens (tertiary/aromatic N) is 2. The highest BCUT2D eigenvalue weighted by atomic mass is 32.2. The SMILES string of the molecule is CCCNC(=O)C(C)N(Cc1ccc(C)cc1)C(=O)CN(c1cc(OC)ccc1OC)S(C)(=O)=O. The Balaban J connectivity index is 2.45. The molecule has 2 amide bonds. The highest BCUT2D eigenvalue weighted by Gasteiger charge is 2.31. The molecular weight excluding hydrogens is 470 g/mol. The lowest BCUT2D eigenvalue weighted by Gasteiger charge is -2.32. The smallest absolute Gasteiger partial charge is 0.244 e. The van der Waals surface area contributed by atoms with Gasteiger partial charge in [0.2, 0.25) is 21.8 Å². The first-order chi connectivity index (χ1) is 16.5. The second-order valence-electron chi connectivity index (χ2n) is 8.28. The molecule has 2 aromatic carbocycles. The van der Waals surface area contributed by atoms with E-state index >= 15 is 0 Å². The third-order valence-corrected chi connectivity index (χ3v) is 6.65. The molecule has 0 aliphatic rings. The molecule has 10 heteroatoms. The lowest BCUT2D eigenvalue weighted by atomic mass is 10.1. The summed E-state index contributed by atoms with van der Waals surface area (Å²) in [6.07, 6.45) is 1.77. The molecular formula is C25H35N3O6S. The van der Waals surface area contributed by atoms with Crippen molar-refractivity contribution in [3.8, 4) is 11.5 Å². The van der Waals surface area contributed by atoms with E-state index in [1.54, 1.807) is 19.1 Å². The van der Waals surface area contributed by atoms with Crippen molar-refractivity contribution in [3.63, 3.8) is 0 Å². The average molecular weight is 506 g/mol. The van der Waals surface area contributed by atoms with Gasteiger partial charge in [0.15, 0.2) is 0 Å².